The van der Waals surface area contributed by atoms with Crippen molar-refractivity contribution in [2.24, 2.45) is 0 Å². The molecule has 5 nitrogen and oxygen atoms in total. The van der Waals surface area contributed by atoms with Gasteiger partial charge in [0.15, 0.2) is 0 Å². The minimum atomic E-state index is -3.51. The van der Waals surface area contributed by atoms with E-state index >= 15 is 0 Å². The second kappa shape index (κ2) is 7.32. The molecule has 0 radical (unpaired) electrons. The van der Waals surface area contributed by atoms with Crippen molar-refractivity contribution in [2.45, 2.75) is 37.7 Å². The molecular formula is C18H24N2O3S. The summed E-state index contributed by atoms with van der Waals surface area (Å²) < 4.78 is 32.3. The lowest BCUT2D eigenvalue weighted by atomic mass is 10.2. The van der Waals surface area contributed by atoms with Crippen molar-refractivity contribution in [2.75, 3.05) is 13.6 Å². The topological polar surface area (TPSA) is 59.5 Å². The second-order valence-corrected chi connectivity index (χ2v) is 8.66. The molecule has 0 fully saturated rings. The zero-order valence-corrected chi connectivity index (χ0v) is 15.4. The van der Waals surface area contributed by atoms with Gasteiger partial charge in [0, 0.05) is 26.0 Å². The van der Waals surface area contributed by atoms with Crippen molar-refractivity contribution in [3.8, 4) is 5.75 Å². The summed E-state index contributed by atoms with van der Waals surface area (Å²) >= 11 is 0. The van der Waals surface area contributed by atoms with Crippen LogP contribution in [0.3, 0.4) is 0 Å². The van der Waals surface area contributed by atoms with Gasteiger partial charge in [-0.15, -0.1) is 0 Å². The first-order valence-corrected chi connectivity index (χ1v) is 9.27. The van der Waals surface area contributed by atoms with Gasteiger partial charge in [0.25, 0.3) is 0 Å². The van der Waals surface area contributed by atoms with Crippen LogP contribution < -0.4 is 4.74 Å². The Labute approximate surface area is 144 Å². The predicted octanol–water partition coefficient (Wildman–Crippen LogP) is 3.12. The molecule has 2 aromatic rings. The highest BCUT2D eigenvalue weighted by atomic mass is 32.2. The van der Waals surface area contributed by atoms with Gasteiger partial charge in [-0.1, -0.05) is 0 Å². The van der Waals surface area contributed by atoms with E-state index in [1.165, 1.54) is 4.31 Å². The molecule has 0 aliphatic carbocycles. The molecule has 0 bridgehead atoms. The van der Waals surface area contributed by atoms with E-state index in [-0.39, 0.29) is 10.5 Å². The quantitative estimate of drug-likeness (QED) is 0.805. The van der Waals surface area contributed by atoms with Crippen molar-refractivity contribution < 1.29 is 13.2 Å². The van der Waals surface area contributed by atoms with E-state index in [4.69, 9.17) is 4.74 Å². The Morgan fingerprint density at radius 2 is 1.62 bits per heavy atom. The molecule has 1 heterocycles. The highest BCUT2D eigenvalue weighted by Gasteiger charge is 2.21. The summed E-state index contributed by atoms with van der Waals surface area (Å²) in [6.07, 6.45) is 4.05. The Kier molecular flexibility index (Phi) is 5.62. The largest absolute Gasteiger partial charge is 0.488 e. The van der Waals surface area contributed by atoms with Crippen LogP contribution in [-0.2, 0) is 16.4 Å². The lowest BCUT2D eigenvalue weighted by molar-refractivity contribution is 0.131. The summed E-state index contributed by atoms with van der Waals surface area (Å²) in [4.78, 5) is 4.22. The van der Waals surface area contributed by atoms with Crippen molar-refractivity contribution in [1.29, 1.82) is 0 Å². The van der Waals surface area contributed by atoms with Crippen molar-refractivity contribution in [3.05, 3.63) is 54.4 Å². The zero-order chi connectivity index (χ0) is 17.8. The Hall–Kier alpha value is -1.92. The average Bonchev–Trinajstić information content (AvgIpc) is 2.52. The molecule has 0 atom stereocenters. The van der Waals surface area contributed by atoms with E-state index in [1.807, 2.05) is 32.9 Å². The van der Waals surface area contributed by atoms with Crippen molar-refractivity contribution >= 4 is 10.0 Å². The molecule has 0 aliphatic rings. The fourth-order valence-electron chi connectivity index (χ4n) is 2.17. The summed E-state index contributed by atoms with van der Waals surface area (Å²) in [5.74, 6) is 0.654. The maximum Gasteiger partial charge on any atom is 0.242 e. The first-order chi connectivity index (χ1) is 11.2. The number of sulfonamides is 1. The number of pyridine rings is 1. The second-order valence-electron chi connectivity index (χ2n) is 6.62. The summed E-state index contributed by atoms with van der Waals surface area (Å²) in [7, 11) is -1.91. The number of hydrogen-bond donors (Lipinski definition) is 0. The normalized spacial score (nSPS) is 12.4. The number of rotatable bonds is 6. The number of benzene rings is 1. The van der Waals surface area contributed by atoms with Crippen LogP contribution in [0.5, 0.6) is 5.75 Å². The molecule has 0 saturated carbocycles. The first-order valence-electron chi connectivity index (χ1n) is 7.83. The molecular weight excluding hydrogens is 324 g/mol. The van der Waals surface area contributed by atoms with E-state index in [0.29, 0.717) is 18.7 Å². The van der Waals surface area contributed by atoms with Gasteiger partial charge in [-0.2, -0.15) is 0 Å². The maximum atomic E-state index is 12.6. The third-order valence-corrected chi connectivity index (χ3v) is 5.29. The lowest BCUT2D eigenvalue weighted by Crippen LogP contribution is -2.29. The van der Waals surface area contributed by atoms with Gasteiger partial charge >= 0.3 is 0 Å². The van der Waals surface area contributed by atoms with Crippen LogP contribution in [-0.4, -0.2) is 36.9 Å². The summed E-state index contributed by atoms with van der Waals surface area (Å²) in [6.45, 7) is 6.26. The third kappa shape index (κ3) is 5.04. The summed E-state index contributed by atoms with van der Waals surface area (Å²) in [5.41, 5.74) is 0.739. The Morgan fingerprint density at radius 3 is 2.17 bits per heavy atom. The van der Waals surface area contributed by atoms with Crippen molar-refractivity contribution in [1.82, 2.24) is 9.29 Å². The molecule has 0 aliphatic heterocycles. The molecule has 2 rings (SSSR count). The number of hydrogen-bond acceptors (Lipinski definition) is 4. The number of nitrogens with zero attached hydrogens (tertiary/aromatic N) is 2. The number of likely N-dealkylation sites (N-methyl/N-ethyl adjacent to an activating group) is 1. The van der Waals surface area contributed by atoms with Crippen molar-refractivity contribution in [3.63, 3.8) is 0 Å². The highest BCUT2D eigenvalue weighted by Crippen LogP contribution is 2.22. The Balaban J connectivity index is 2.06. The van der Waals surface area contributed by atoms with Gasteiger partial charge in [-0.25, -0.2) is 12.7 Å². The molecule has 1 aromatic carbocycles. The van der Waals surface area contributed by atoms with Crippen LogP contribution in [0, 0.1) is 0 Å². The predicted molar refractivity (Wildman–Crippen MR) is 94.6 cm³/mol. The maximum absolute atomic E-state index is 12.6. The molecule has 1 aromatic heterocycles. The highest BCUT2D eigenvalue weighted by molar-refractivity contribution is 7.89. The molecule has 0 spiro atoms. The Bertz CT molecular complexity index is 751. The molecule has 0 unspecified atom stereocenters. The first kappa shape index (κ1) is 18.4. The van der Waals surface area contributed by atoms with E-state index in [0.717, 1.165) is 5.56 Å². The van der Waals surface area contributed by atoms with Crippen LogP contribution in [0.25, 0.3) is 0 Å². The van der Waals surface area contributed by atoms with Gasteiger partial charge in [0.1, 0.15) is 11.4 Å². The number of ether oxygens (including phenoxy) is 1. The van der Waals surface area contributed by atoms with Crippen LogP contribution in [0.2, 0.25) is 0 Å². The Morgan fingerprint density at radius 1 is 1.04 bits per heavy atom. The van der Waals surface area contributed by atoms with Gasteiger partial charge in [0.2, 0.25) is 10.0 Å². The van der Waals surface area contributed by atoms with E-state index in [9.17, 15) is 8.42 Å². The lowest BCUT2D eigenvalue weighted by Gasteiger charge is -2.22. The molecule has 24 heavy (non-hydrogen) atoms. The molecule has 6 heteroatoms. The van der Waals surface area contributed by atoms with Gasteiger partial charge in [0.05, 0.1) is 4.90 Å². The SMILES string of the molecule is CN(CCc1ccncc1)S(=O)(=O)c1ccc(OC(C)(C)C)cc1. The number of aromatic nitrogens is 1. The van der Waals surface area contributed by atoms with Crippen LogP contribution in [0.15, 0.2) is 53.7 Å². The minimum Gasteiger partial charge on any atom is -0.488 e. The van der Waals surface area contributed by atoms with E-state index in [2.05, 4.69) is 4.98 Å². The van der Waals surface area contributed by atoms with Gasteiger partial charge in [-0.3, -0.25) is 4.98 Å². The molecule has 0 amide bonds. The molecule has 0 saturated heterocycles. The van der Waals surface area contributed by atoms with Gasteiger partial charge < -0.3 is 4.74 Å². The van der Waals surface area contributed by atoms with Crippen LogP contribution in [0.4, 0.5) is 0 Å². The smallest absolute Gasteiger partial charge is 0.242 e. The fourth-order valence-corrected chi connectivity index (χ4v) is 3.34. The van der Waals surface area contributed by atoms with Crippen LogP contribution in [0.1, 0.15) is 26.3 Å². The zero-order valence-electron chi connectivity index (χ0n) is 14.6. The molecule has 0 N–H and O–H groups in total. The van der Waals surface area contributed by atoms with E-state index in [1.54, 1.807) is 43.7 Å². The average molecular weight is 348 g/mol. The summed E-state index contributed by atoms with van der Waals surface area (Å²) in [6, 6.07) is 10.3. The third-order valence-electron chi connectivity index (χ3n) is 3.42. The van der Waals surface area contributed by atoms with E-state index < -0.39 is 10.0 Å². The molecule has 130 valence electrons. The minimum absolute atomic E-state index is 0.265. The van der Waals surface area contributed by atoms with Gasteiger partial charge in [-0.05, 0) is 69.2 Å². The standard InChI is InChI=1S/C18H24N2O3S/c1-18(2,3)23-16-5-7-17(8-6-16)24(21,22)20(4)14-11-15-9-12-19-13-10-15/h5-10,12-13H,11,14H2,1-4H3. The monoisotopic (exact) mass is 348 g/mol. The summed E-state index contributed by atoms with van der Waals surface area (Å²) in [5, 5.41) is 0. The fraction of sp³-hybridized carbons (Fsp3) is 0.389. The van der Waals surface area contributed by atoms with Crippen LogP contribution >= 0.6 is 0 Å².